The molecule has 0 aromatic heterocycles. The fourth-order valence-corrected chi connectivity index (χ4v) is 5.70. The molecule has 8 nitrogen and oxygen atoms in total. The SMILES string of the molecule is COc1ccc(N2C(=O)/C(=C\N3CCN(S(=O)(=O)/C=C/c4ccccc4)CC3)c3ccccc3C2=O)cc1. The Balaban J connectivity index is 1.37. The number of hydrogen-bond acceptors (Lipinski definition) is 6. The van der Waals surface area contributed by atoms with Gasteiger partial charge in [-0.2, -0.15) is 4.31 Å². The molecule has 1 saturated heterocycles. The van der Waals surface area contributed by atoms with Gasteiger partial charge < -0.3 is 9.64 Å². The molecule has 0 aliphatic carbocycles. The van der Waals surface area contributed by atoms with Crippen molar-refractivity contribution in [3.8, 4) is 5.75 Å². The Kier molecular flexibility index (Phi) is 7.13. The lowest BCUT2D eigenvalue weighted by Crippen LogP contribution is -2.47. The van der Waals surface area contributed by atoms with Crippen molar-refractivity contribution in [1.82, 2.24) is 9.21 Å². The maximum Gasteiger partial charge on any atom is 0.267 e. The van der Waals surface area contributed by atoms with Gasteiger partial charge in [0.15, 0.2) is 0 Å². The minimum Gasteiger partial charge on any atom is -0.497 e. The number of amides is 2. The van der Waals surface area contributed by atoms with Gasteiger partial charge in [0.1, 0.15) is 5.75 Å². The average Bonchev–Trinajstić information content (AvgIpc) is 2.95. The van der Waals surface area contributed by atoms with Gasteiger partial charge in [0, 0.05) is 48.9 Å². The number of imide groups is 1. The first-order valence-electron chi connectivity index (χ1n) is 12.2. The van der Waals surface area contributed by atoms with Crippen LogP contribution in [0.25, 0.3) is 11.6 Å². The van der Waals surface area contributed by atoms with E-state index in [0.29, 0.717) is 41.2 Å². The lowest BCUT2D eigenvalue weighted by atomic mass is 9.93. The van der Waals surface area contributed by atoms with Gasteiger partial charge in [-0.25, -0.2) is 13.3 Å². The van der Waals surface area contributed by atoms with E-state index in [0.717, 1.165) is 5.56 Å². The van der Waals surface area contributed by atoms with Crippen LogP contribution in [0.15, 0.2) is 90.5 Å². The van der Waals surface area contributed by atoms with E-state index in [1.807, 2.05) is 35.2 Å². The number of rotatable bonds is 6. The number of anilines is 1. The molecule has 0 atom stereocenters. The second-order valence-corrected chi connectivity index (χ2v) is 10.7. The zero-order valence-electron chi connectivity index (χ0n) is 20.9. The van der Waals surface area contributed by atoms with Crippen LogP contribution in [0.3, 0.4) is 0 Å². The summed E-state index contributed by atoms with van der Waals surface area (Å²) < 4.78 is 32.3. The van der Waals surface area contributed by atoms with Crippen molar-refractivity contribution in [2.75, 3.05) is 38.2 Å². The summed E-state index contributed by atoms with van der Waals surface area (Å²) >= 11 is 0. The normalized spacial score (nSPS) is 17.8. The lowest BCUT2D eigenvalue weighted by Gasteiger charge is -2.34. The Morgan fingerprint density at radius 1 is 0.763 bits per heavy atom. The Morgan fingerprint density at radius 2 is 1.39 bits per heavy atom. The van der Waals surface area contributed by atoms with Gasteiger partial charge in [-0.15, -0.1) is 0 Å². The van der Waals surface area contributed by atoms with E-state index in [4.69, 9.17) is 4.74 Å². The van der Waals surface area contributed by atoms with E-state index in [2.05, 4.69) is 0 Å². The third-order valence-corrected chi connectivity index (χ3v) is 8.16. The third-order valence-electron chi connectivity index (χ3n) is 6.59. The van der Waals surface area contributed by atoms with Gasteiger partial charge in [0.25, 0.3) is 11.8 Å². The first-order valence-corrected chi connectivity index (χ1v) is 13.7. The number of sulfonamides is 1. The summed E-state index contributed by atoms with van der Waals surface area (Å²) in [6, 6.07) is 23.0. The van der Waals surface area contributed by atoms with E-state index in [1.165, 1.54) is 14.6 Å². The summed E-state index contributed by atoms with van der Waals surface area (Å²) in [5.74, 6) is -0.206. The number of hydrogen-bond donors (Lipinski definition) is 0. The highest BCUT2D eigenvalue weighted by Crippen LogP contribution is 2.33. The molecule has 2 amide bonds. The van der Waals surface area contributed by atoms with Crippen LogP contribution in [0.4, 0.5) is 5.69 Å². The summed E-state index contributed by atoms with van der Waals surface area (Å²) in [6.07, 6.45) is 3.33. The molecule has 0 unspecified atom stereocenters. The topological polar surface area (TPSA) is 87.2 Å². The van der Waals surface area contributed by atoms with Crippen LogP contribution < -0.4 is 9.64 Å². The first kappa shape index (κ1) is 25.4. The summed E-state index contributed by atoms with van der Waals surface area (Å²) in [6.45, 7) is 1.38. The summed E-state index contributed by atoms with van der Waals surface area (Å²) in [5.41, 5.74) is 2.64. The van der Waals surface area contributed by atoms with Crippen molar-refractivity contribution in [2.24, 2.45) is 0 Å². The second-order valence-electron chi connectivity index (χ2n) is 8.93. The molecule has 0 radical (unpaired) electrons. The van der Waals surface area contributed by atoms with E-state index < -0.39 is 21.8 Å². The van der Waals surface area contributed by atoms with Gasteiger partial charge in [-0.1, -0.05) is 48.5 Å². The highest BCUT2D eigenvalue weighted by atomic mass is 32.2. The zero-order chi connectivity index (χ0) is 26.7. The summed E-state index contributed by atoms with van der Waals surface area (Å²) in [7, 11) is -2.03. The maximum absolute atomic E-state index is 13.6. The molecular formula is C29H27N3O5S. The Hall–Kier alpha value is -4.21. The van der Waals surface area contributed by atoms with Crippen LogP contribution in [0, 0.1) is 0 Å². The van der Waals surface area contributed by atoms with Crippen molar-refractivity contribution < 1.29 is 22.7 Å². The van der Waals surface area contributed by atoms with Crippen LogP contribution in [-0.4, -0.2) is 62.7 Å². The molecule has 3 aromatic carbocycles. The molecule has 3 aromatic rings. The molecule has 0 saturated carbocycles. The maximum atomic E-state index is 13.6. The van der Waals surface area contributed by atoms with Gasteiger partial charge in [0.05, 0.1) is 18.4 Å². The van der Waals surface area contributed by atoms with Gasteiger partial charge in [-0.05, 0) is 42.0 Å². The highest BCUT2D eigenvalue weighted by Gasteiger charge is 2.36. The largest absolute Gasteiger partial charge is 0.497 e. The van der Waals surface area contributed by atoms with Gasteiger partial charge >= 0.3 is 0 Å². The second kappa shape index (κ2) is 10.6. The molecule has 0 spiro atoms. The van der Waals surface area contributed by atoms with Crippen molar-refractivity contribution in [2.45, 2.75) is 0 Å². The van der Waals surface area contributed by atoms with E-state index in [1.54, 1.807) is 67.9 Å². The zero-order valence-corrected chi connectivity index (χ0v) is 21.7. The molecule has 2 aliphatic rings. The van der Waals surface area contributed by atoms with Crippen molar-refractivity contribution in [3.05, 3.63) is 107 Å². The average molecular weight is 530 g/mol. The van der Waals surface area contributed by atoms with Crippen LogP contribution in [0.5, 0.6) is 5.75 Å². The van der Waals surface area contributed by atoms with Crippen molar-refractivity contribution in [1.29, 1.82) is 0 Å². The molecular weight excluding hydrogens is 502 g/mol. The van der Waals surface area contributed by atoms with Crippen LogP contribution >= 0.6 is 0 Å². The number of carbonyl (C=O) groups excluding carboxylic acids is 2. The lowest BCUT2D eigenvalue weighted by molar-refractivity contribution is -0.112. The van der Waals surface area contributed by atoms with E-state index >= 15 is 0 Å². The van der Waals surface area contributed by atoms with Crippen LogP contribution in [-0.2, 0) is 14.8 Å². The molecule has 2 aliphatic heterocycles. The quantitative estimate of drug-likeness (QED) is 0.356. The molecule has 1 fully saturated rings. The predicted octanol–water partition coefficient (Wildman–Crippen LogP) is 3.84. The molecule has 0 bridgehead atoms. The van der Waals surface area contributed by atoms with E-state index in [9.17, 15) is 18.0 Å². The molecule has 5 rings (SSSR count). The number of piperazine rings is 1. The number of fused-ring (bicyclic) bond motifs is 1. The number of benzene rings is 3. The van der Waals surface area contributed by atoms with Crippen molar-refractivity contribution >= 4 is 39.2 Å². The minimum absolute atomic E-state index is 0.280. The number of carbonyl (C=O) groups is 2. The fourth-order valence-electron chi connectivity index (χ4n) is 4.53. The molecule has 38 heavy (non-hydrogen) atoms. The molecule has 194 valence electrons. The van der Waals surface area contributed by atoms with E-state index in [-0.39, 0.29) is 13.1 Å². The molecule has 9 heteroatoms. The minimum atomic E-state index is -3.58. The first-order chi connectivity index (χ1) is 18.4. The number of methoxy groups -OCH3 is 1. The summed E-state index contributed by atoms with van der Waals surface area (Å²) in [4.78, 5) is 30.0. The van der Waals surface area contributed by atoms with Crippen molar-refractivity contribution in [3.63, 3.8) is 0 Å². The molecule has 2 heterocycles. The highest BCUT2D eigenvalue weighted by molar-refractivity contribution is 7.92. The smallest absolute Gasteiger partial charge is 0.267 e. The van der Waals surface area contributed by atoms with Crippen LogP contribution in [0.1, 0.15) is 21.5 Å². The Bertz CT molecular complexity index is 1510. The van der Waals surface area contributed by atoms with Crippen LogP contribution in [0.2, 0.25) is 0 Å². The standard InChI is InChI=1S/C29H27N3O5S/c1-37-24-13-11-23(12-14-24)32-28(33)26-10-6-5-9-25(26)27(29(32)34)21-30-16-18-31(19-17-30)38(35,36)20-15-22-7-3-2-4-8-22/h2-15,20-21H,16-19H2,1H3/b20-15+,27-21-. The number of nitrogens with zero attached hydrogens (tertiary/aromatic N) is 3. The summed E-state index contributed by atoms with van der Waals surface area (Å²) in [5, 5.41) is 1.23. The third kappa shape index (κ3) is 5.11. The monoisotopic (exact) mass is 529 g/mol. The Labute approximate surface area is 222 Å². The van der Waals surface area contributed by atoms with Gasteiger partial charge in [0.2, 0.25) is 10.0 Å². The fraction of sp³-hybridized carbons (Fsp3) is 0.172. The predicted molar refractivity (Wildman–Crippen MR) is 147 cm³/mol. The Morgan fingerprint density at radius 3 is 2.05 bits per heavy atom. The van der Waals surface area contributed by atoms with Gasteiger partial charge in [-0.3, -0.25) is 9.59 Å². The number of ether oxygens (including phenoxy) is 1. The molecule has 0 N–H and O–H groups in total.